The van der Waals surface area contributed by atoms with Gasteiger partial charge in [0, 0.05) is 39.3 Å². The van der Waals surface area contributed by atoms with Crippen LogP contribution in [0.1, 0.15) is 24.0 Å². The van der Waals surface area contributed by atoms with Gasteiger partial charge in [0.15, 0.2) is 5.82 Å². The van der Waals surface area contributed by atoms with Gasteiger partial charge < -0.3 is 14.4 Å². The maximum Gasteiger partial charge on any atom is 0.293 e. The average Bonchev–Trinajstić information content (AvgIpc) is 2.71. The summed E-state index contributed by atoms with van der Waals surface area (Å²) in [5.74, 6) is 0.434. The molecule has 29 heavy (non-hydrogen) atoms. The molecule has 1 amide bonds. The minimum absolute atomic E-state index is 0.0500. The molecular formula is C23H26N4O2. The van der Waals surface area contributed by atoms with Gasteiger partial charge >= 0.3 is 0 Å². The summed E-state index contributed by atoms with van der Waals surface area (Å²) in [6.45, 7) is 3.13. The van der Waals surface area contributed by atoms with Crippen molar-refractivity contribution in [3.63, 3.8) is 0 Å². The Morgan fingerprint density at radius 2 is 1.97 bits per heavy atom. The van der Waals surface area contributed by atoms with Crippen LogP contribution in [-0.2, 0) is 17.8 Å². The highest BCUT2D eigenvalue weighted by atomic mass is 16.2. The van der Waals surface area contributed by atoms with Gasteiger partial charge in [0.1, 0.15) is 0 Å². The van der Waals surface area contributed by atoms with E-state index in [0.717, 1.165) is 36.1 Å². The lowest BCUT2D eigenvalue weighted by molar-refractivity contribution is -0.118. The van der Waals surface area contributed by atoms with Gasteiger partial charge in [-0.25, -0.2) is 4.98 Å². The van der Waals surface area contributed by atoms with E-state index in [2.05, 4.69) is 24.0 Å². The molecule has 0 atom stereocenters. The number of aromatic nitrogens is 2. The van der Waals surface area contributed by atoms with Crippen molar-refractivity contribution in [2.75, 3.05) is 30.4 Å². The first-order valence-electron chi connectivity index (χ1n) is 10.0. The Kier molecular flexibility index (Phi) is 5.09. The standard InChI is InChI=1S/C23H26N4O2/c1-16-10-11-19-17(15-16)7-6-13-26(19)21(28)12-14-27-20-9-5-4-8-18(20)24-22(23(27)29)25(2)3/h4-5,8-11,15H,6-7,12-14H2,1-3H3. The number of amides is 1. The van der Waals surface area contributed by atoms with E-state index in [9.17, 15) is 9.59 Å². The molecule has 0 unspecified atom stereocenters. The number of para-hydroxylation sites is 2. The van der Waals surface area contributed by atoms with Crippen molar-refractivity contribution in [2.24, 2.45) is 0 Å². The Balaban J connectivity index is 1.63. The number of fused-ring (bicyclic) bond motifs is 2. The Labute approximate surface area is 170 Å². The van der Waals surface area contributed by atoms with Crippen molar-refractivity contribution in [3.8, 4) is 0 Å². The average molecular weight is 390 g/mol. The maximum atomic E-state index is 13.1. The molecular weight excluding hydrogens is 364 g/mol. The summed E-state index contributed by atoms with van der Waals surface area (Å²) >= 11 is 0. The molecule has 0 spiro atoms. The fraction of sp³-hybridized carbons (Fsp3) is 0.348. The maximum absolute atomic E-state index is 13.1. The van der Waals surface area contributed by atoms with E-state index in [0.29, 0.717) is 12.4 Å². The van der Waals surface area contributed by atoms with Crippen LogP contribution in [0.2, 0.25) is 0 Å². The topological polar surface area (TPSA) is 58.4 Å². The van der Waals surface area contributed by atoms with E-state index in [-0.39, 0.29) is 17.9 Å². The van der Waals surface area contributed by atoms with Crippen LogP contribution in [0.3, 0.4) is 0 Å². The molecule has 6 heteroatoms. The van der Waals surface area contributed by atoms with E-state index in [1.807, 2.05) is 35.2 Å². The lowest BCUT2D eigenvalue weighted by atomic mass is 9.99. The molecule has 0 aliphatic carbocycles. The largest absolute Gasteiger partial charge is 0.358 e. The molecule has 4 rings (SSSR count). The van der Waals surface area contributed by atoms with E-state index < -0.39 is 0 Å². The third-order valence-electron chi connectivity index (χ3n) is 5.46. The molecule has 0 fully saturated rings. The number of hydrogen-bond acceptors (Lipinski definition) is 4. The second-order valence-corrected chi connectivity index (χ2v) is 7.81. The van der Waals surface area contributed by atoms with Crippen LogP contribution in [0.25, 0.3) is 11.0 Å². The highest BCUT2D eigenvalue weighted by Crippen LogP contribution is 2.28. The Hall–Kier alpha value is -3.15. The first kappa shape index (κ1) is 19.2. The number of nitrogens with zero attached hydrogens (tertiary/aromatic N) is 4. The summed E-state index contributed by atoms with van der Waals surface area (Å²) in [7, 11) is 3.61. The fourth-order valence-corrected chi connectivity index (χ4v) is 4.02. The minimum atomic E-state index is -0.170. The van der Waals surface area contributed by atoms with Gasteiger partial charge in [0.05, 0.1) is 11.0 Å². The summed E-state index contributed by atoms with van der Waals surface area (Å²) in [5.41, 5.74) is 4.78. The molecule has 1 aliphatic rings. The van der Waals surface area contributed by atoms with E-state index in [4.69, 9.17) is 0 Å². The SMILES string of the molecule is Cc1ccc2c(c1)CCCN2C(=O)CCn1c(=O)c(N(C)C)nc2ccccc21. The molecule has 0 bridgehead atoms. The van der Waals surface area contributed by atoms with Crippen LogP contribution in [0, 0.1) is 6.92 Å². The van der Waals surface area contributed by atoms with E-state index in [1.54, 1.807) is 23.6 Å². The molecule has 0 saturated heterocycles. The zero-order valence-corrected chi connectivity index (χ0v) is 17.2. The smallest absolute Gasteiger partial charge is 0.293 e. The van der Waals surface area contributed by atoms with Gasteiger partial charge in [-0.15, -0.1) is 0 Å². The summed E-state index contributed by atoms with van der Waals surface area (Å²) in [6.07, 6.45) is 2.24. The van der Waals surface area contributed by atoms with E-state index in [1.165, 1.54) is 11.1 Å². The van der Waals surface area contributed by atoms with Gasteiger partial charge in [-0.2, -0.15) is 0 Å². The Morgan fingerprint density at radius 3 is 2.76 bits per heavy atom. The van der Waals surface area contributed by atoms with Crippen LogP contribution in [0.4, 0.5) is 11.5 Å². The van der Waals surface area contributed by atoms with Gasteiger partial charge in [-0.3, -0.25) is 9.59 Å². The summed E-state index contributed by atoms with van der Waals surface area (Å²) < 4.78 is 1.68. The molecule has 0 saturated carbocycles. The molecule has 2 heterocycles. The highest BCUT2D eigenvalue weighted by molar-refractivity contribution is 5.94. The number of carbonyl (C=O) groups excluding carboxylic acids is 1. The molecule has 6 nitrogen and oxygen atoms in total. The summed E-state index contributed by atoms with van der Waals surface area (Å²) in [6, 6.07) is 13.8. The van der Waals surface area contributed by atoms with Gasteiger partial charge in [0.2, 0.25) is 5.91 Å². The van der Waals surface area contributed by atoms with Crippen LogP contribution in [0.5, 0.6) is 0 Å². The number of anilines is 2. The number of benzene rings is 2. The fourth-order valence-electron chi connectivity index (χ4n) is 4.02. The quantitative estimate of drug-likeness (QED) is 0.687. The molecule has 150 valence electrons. The lowest BCUT2D eigenvalue weighted by Gasteiger charge is -2.30. The molecule has 0 radical (unpaired) electrons. The lowest BCUT2D eigenvalue weighted by Crippen LogP contribution is -2.37. The zero-order valence-electron chi connectivity index (χ0n) is 17.2. The van der Waals surface area contributed by atoms with Crippen molar-refractivity contribution >= 4 is 28.4 Å². The van der Waals surface area contributed by atoms with E-state index >= 15 is 0 Å². The normalized spacial score (nSPS) is 13.4. The first-order chi connectivity index (χ1) is 14.0. The second kappa shape index (κ2) is 7.70. The summed E-state index contributed by atoms with van der Waals surface area (Å²) in [4.78, 5) is 34.1. The van der Waals surface area contributed by atoms with Crippen LogP contribution in [-0.4, -0.2) is 36.1 Å². The van der Waals surface area contributed by atoms with Crippen molar-refractivity contribution in [1.29, 1.82) is 0 Å². The first-order valence-corrected chi connectivity index (χ1v) is 10.0. The molecule has 0 N–H and O–H groups in total. The predicted molar refractivity (Wildman–Crippen MR) is 117 cm³/mol. The molecule has 1 aliphatic heterocycles. The van der Waals surface area contributed by atoms with Gasteiger partial charge in [-0.05, 0) is 43.5 Å². The third kappa shape index (κ3) is 3.62. The molecule has 3 aromatic rings. The van der Waals surface area contributed by atoms with Crippen molar-refractivity contribution in [1.82, 2.24) is 9.55 Å². The number of hydrogen-bond donors (Lipinski definition) is 0. The predicted octanol–water partition coefficient (Wildman–Crippen LogP) is 3.14. The highest BCUT2D eigenvalue weighted by Gasteiger charge is 2.23. The number of aryl methyl sites for hydroxylation is 3. The minimum Gasteiger partial charge on any atom is -0.358 e. The van der Waals surface area contributed by atoms with Gasteiger partial charge in [-0.1, -0.05) is 29.8 Å². The van der Waals surface area contributed by atoms with Crippen molar-refractivity contribution in [3.05, 3.63) is 63.9 Å². The molecule has 2 aromatic carbocycles. The Bertz CT molecular complexity index is 1130. The number of carbonyl (C=O) groups is 1. The molecule has 1 aromatic heterocycles. The van der Waals surface area contributed by atoms with Crippen LogP contribution < -0.4 is 15.4 Å². The van der Waals surface area contributed by atoms with Crippen LogP contribution >= 0.6 is 0 Å². The van der Waals surface area contributed by atoms with Gasteiger partial charge in [0.25, 0.3) is 5.56 Å². The van der Waals surface area contributed by atoms with Crippen molar-refractivity contribution < 1.29 is 4.79 Å². The Morgan fingerprint density at radius 1 is 1.17 bits per heavy atom. The number of rotatable bonds is 4. The second-order valence-electron chi connectivity index (χ2n) is 7.81. The van der Waals surface area contributed by atoms with Crippen LogP contribution in [0.15, 0.2) is 47.3 Å². The zero-order chi connectivity index (χ0) is 20.5. The van der Waals surface area contributed by atoms with Crippen molar-refractivity contribution in [2.45, 2.75) is 32.7 Å². The monoisotopic (exact) mass is 390 g/mol. The summed E-state index contributed by atoms with van der Waals surface area (Å²) in [5, 5.41) is 0. The third-order valence-corrected chi connectivity index (χ3v) is 5.46.